The summed E-state index contributed by atoms with van der Waals surface area (Å²) in [4.78, 5) is 19.7. The minimum absolute atomic E-state index is 0.156. The van der Waals surface area contributed by atoms with Crippen LogP contribution in [0.3, 0.4) is 0 Å². The second kappa shape index (κ2) is 9.02. The number of anilines is 1. The van der Waals surface area contributed by atoms with Gasteiger partial charge in [-0.15, -0.1) is 0 Å². The molecule has 1 N–H and O–H groups in total. The Morgan fingerprint density at radius 1 is 1.10 bits per heavy atom. The molecule has 1 aliphatic rings. The van der Waals surface area contributed by atoms with E-state index in [1.54, 1.807) is 16.9 Å². The van der Waals surface area contributed by atoms with Crippen LogP contribution in [0.4, 0.5) is 5.69 Å². The van der Waals surface area contributed by atoms with Gasteiger partial charge in [0, 0.05) is 48.7 Å². The van der Waals surface area contributed by atoms with E-state index in [1.807, 2.05) is 44.7 Å². The molecule has 0 radical (unpaired) electrons. The highest BCUT2D eigenvalue weighted by Gasteiger charge is 2.13. The van der Waals surface area contributed by atoms with E-state index < -0.39 is 0 Å². The number of benzene rings is 1. The number of carbonyl (C=O) groups excluding carboxylic acids is 1. The second-order valence-electron chi connectivity index (χ2n) is 7.74. The van der Waals surface area contributed by atoms with Gasteiger partial charge < -0.3 is 5.32 Å². The van der Waals surface area contributed by atoms with E-state index >= 15 is 0 Å². The van der Waals surface area contributed by atoms with Crippen molar-refractivity contribution in [2.24, 2.45) is 0 Å². The average Bonchev–Trinajstić information content (AvgIpc) is 3.09. The van der Waals surface area contributed by atoms with Crippen molar-refractivity contribution in [3.8, 4) is 5.82 Å². The minimum atomic E-state index is -0.156. The number of pyridine rings is 1. The van der Waals surface area contributed by atoms with Crippen molar-refractivity contribution in [2.45, 2.75) is 27.3 Å². The predicted molar refractivity (Wildman–Crippen MR) is 123 cm³/mol. The van der Waals surface area contributed by atoms with Crippen LogP contribution in [-0.4, -0.2) is 50.2 Å². The number of carbonyl (C=O) groups is 1. The Kier molecular flexibility index (Phi) is 6.20. The molecule has 0 spiro atoms. The minimum Gasteiger partial charge on any atom is -0.322 e. The van der Waals surface area contributed by atoms with Crippen LogP contribution >= 0.6 is 11.8 Å². The summed E-state index contributed by atoms with van der Waals surface area (Å²) >= 11 is 2.01. The average molecular weight is 422 g/mol. The number of hydrogen-bond donors (Lipinski definition) is 1. The fourth-order valence-electron chi connectivity index (χ4n) is 3.62. The highest BCUT2D eigenvalue weighted by Crippen LogP contribution is 2.21. The number of hydrogen-bond acceptors (Lipinski definition) is 5. The standard InChI is InChI=1S/C23H27N5OS/c1-16-4-5-19(15-27-8-10-30-11-9-27)13-21(16)25-23(29)20-6-7-22(24-14-20)28-18(3)12-17(2)26-28/h4-7,12-14H,8-11,15H2,1-3H3,(H,25,29). The maximum Gasteiger partial charge on any atom is 0.257 e. The molecule has 3 heterocycles. The van der Waals surface area contributed by atoms with Gasteiger partial charge in [0.2, 0.25) is 0 Å². The Bertz CT molecular complexity index is 1040. The van der Waals surface area contributed by atoms with Crippen molar-refractivity contribution in [3.05, 3.63) is 70.7 Å². The molecule has 1 aromatic carbocycles. The highest BCUT2D eigenvalue weighted by molar-refractivity contribution is 7.99. The molecular weight excluding hydrogens is 394 g/mol. The molecule has 4 rings (SSSR count). The zero-order valence-corrected chi connectivity index (χ0v) is 18.5. The second-order valence-corrected chi connectivity index (χ2v) is 8.96. The number of amides is 1. The third kappa shape index (κ3) is 4.74. The molecule has 7 heteroatoms. The van der Waals surface area contributed by atoms with E-state index in [-0.39, 0.29) is 5.91 Å². The first-order valence-electron chi connectivity index (χ1n) is 10.2. The number of nitrogens with one attached hydrogen (secondary N) is 1. The maximum atomic E-state index is 12.8. The molecular formula is C23H27N5OS. The van der Waals surface area contributed by atoms with Crippen molar-refractivity contribution in [3.63, 3.8) is 0 Å². The summed E-state index contributed by atoms with van der Waals surface area (Å²) in [5, 5.41) is 7.50. The zero-order chi connectivity index (χ0) is 21.1. The van der Waals surface area contributed by atoms with E-state index in [0.29, 0.717) is 11.4 Å². The third-order valence-electron chi connectivity index (χ3n) is 5.30. The Hall–Kier alpha value is -2.64. The molecule has 6 nitrogen and oxygen atoms in total. The summed E-state index contributed by atoms with van der Waals surface area (Å²) in [6.07, 6.45) is 1.60. The first-order chi connectivity index (χ1) is 14.5. The van der Waals surface area contributed by atoms with Crippen LogP contribution in [0.1, 0.15) is 32.9 Å². The monoisotopic (exact) mass is 421 g/mol. The van der Waals surface area contributed by atoms with E-state index in [0.717, 1.165) is 42.3 Å². The molecule has 1 aliphatic heterocycles. The molecule has 2 aromatic heterocycles. The highest BCUT2D eigenvalue weighted by atomic mass is 32.2. The van der Waals surface area contributed by atoms with Crippen LogP contribution in [0.15, 0.2) is 42.6 Å². The van der Waals surface area contributed by atoms with Crippen LogP contribution in [0, 0.1) is 20.8 Å². The van der Waals surface area contributed by atoms with E-state index in [1.165, 1.54) is 17.1 Å². The number of aromatic nitrogens is 3. The van der Waals surface area contributed by atoms with Crippen molar-refractivity contribution >= 4 is 23.4 Å². The molecule has 0 saturated carbocycles. The van der Waals surface area contributed by atoms with Crippen LogP contribution in [0.2, 0.25) is 0 Å². The first-order valence-corrected chi connectivity index (χ1v) is 11.4. The quantitative estimate of drug-likeness (QED) is 0.675. The molecule has 3 aromatic rings. The van der Waals surface area contributed by atoms with Gasteiger partial charge in [-0.3, -0.25) is 9.69 Å². The van der Waals surface area contributed by atoms with Crippen LogP contribution in [-0.2, 0) is 6.54 Å². The van der Waals surface area contributed by atoms with Crippen LogP contribution < -0.4 is 5.32 Å². The van der Waals surface area contributed by atoms with Gasteiger partial charge in [0.05, 0.1) is 11.3 Å². The van der Waals surface area contributed by atoms with Crippen molar-refractivity contribution in [1.29, 1.82) is 0 Å². The summed E-state index contributed by atoms with van der Waals surface area (Å²) in [7, 11) is 0. The maximum absolute atomic E-state index is 12.8. The lowest BCUT2D eigenvalue weighted by Crippen LogP contribution is -2.32. The van der Waals surface area contributed by atoms with Gasteiger partial charge in [0.1, 0.15) is 0 Å². The molecule has 0 aliphatic carbocycles. The molecule has 1 saturated heterocycles. The number of rotatable bonds is 5. The fourth-order valence-corrected chi connectivity index (χ4v) is 4.60. The molecule has 30 heavy (non-hydrogen) atoms. The summed E-state index contributed by atoms with van der Waals surface area (Å²) in [6.45, 7) is 9.11. The largest absolute Gasteiger partial charge is 0.322 e. The molecule has 0 bridgehead atoms. The third-order valence-corrected chi connectivity index (χ3v) is 6.24. The Morgan fingerprint density at radius 3 is 2.57 bits per heavy atom. The summed E-state index contributed by atoms with van der Waals surface area (Å²) in [5.74, 6) is 2.93. The Balaban J connectivity index is 1.46. The fraction of sp³-hybridized carbons (Fsp3) is 0.348. The van der Waals surface area contributed by atoms with Crippen molar-refractivity contribution < 1.29 is 4.79 Å². The normalized spacial score (nSPS) is 14.6. The number of nitrogens with zero attached hydrogens (tertiary/aromatic N) is 4. The lowest BCUT2D eigenvalue weighted by atomic mass is 10.1. The van der Waals surface area contributed by atoms with Gasteiger partial charge in [0.25, 0.3) is 5.91 Å². The van der Waals surface area contributed by atoms with Crippen LogP contribution in [0.25, 0.3) is 5.82 Å². The smallest absolute Gasteiger partial charge is 0.257 e. The number of thioether (sulfide) groups is 1. The molecule has 0 unspecified atom stereocenters. The number of aryl methyl sites for hydroxylation is 3. The predicted octanol–water partition coefficient (Wildman–Crippen LogP) is 3.99. The van der Waals surface area contributed by atoms with Gasteiger partial charge in [-0.1, -0.05) is 12.1 Å². The molecule has 1 fully saturated rings. The summed E-state index contributed by atoms with van der Waals surface area (Å²) < 4.78 is 1.78. The molecule has 156 valence electrons. The Morgan fingerprint density at radius 2 is 1.90 bits per heavy atom. The SMILES string of the molecule is Cc1cc(C)n(-c2ccc(C(=O)Nc3cc(CN4CCSCC4)ccc3C)cn2)n1. The van der Waals surface area contributed by atoms with Crippen LogP contribution in [0.5, 0.6) is 0 Å². The lowest BCUT2D eigenvalue weighted by molar-refractivity contribution is 0.102. The van der Waals surface area contributed by atoms with Gasteiger partial charge in [0.15, 0.2) is 5.82 Å². The van der Waals surface area contributed by atoms with Gasteiger partial charge in [-0.25, -0.2) is 9.67 Å². The van der Waals surface area contributed by atoms with E-state index in [2.05, 4.69) is 38.5 Å². The lowest BCUT2D eigenvalue weighted by Gasteiger charge is -2.26. The zero-order valence-electron chi connectivity index (χ0n) is 17.7. The van der Waals surface area contributed by atoms with Gasteiger partial charge in [-0.2, -0.15) is 16.9 Å². The van der Waals surface area contributed by atoms with E-state index in [9.17, 15) is 4.79 Å². The summed E-state index contributed by atoms with van der Waals surface area (Å²) in [5.41, 5.74) is 5.60. The molecule has 1 amide bonds. The Labute approximate surface area is 181 Å². The van der Waals surface area contributed by atoms with Gasteiger partial charge in [-0.05, 0) is 56.2 Å². The summed E-state index contributed by atoms with van der Waals surface area (Å²) in [6, 6.07) is 11.9. The van der Waals surface area contributed by atoms with Gasteiger partial charge >= 0.3 is 0 Å². The van der Waals surface area contributed by atoms with E-state index in [4.69, 9.17) is 0 Å². The topological polar surface area (TPSA) is 63.1 Å². The molecule has 0 atom stereocenters. The van der Waals surface area contributed by atoms with Crippen molar-refractivity contribution in [2.75, 3.05) is 29.9 Å². The van der Waals surface area contributed by atoms with Crippen molar-refractivity contribution in [1.82, 2.24) is 19.7 Å². The first kappa shape index (κ1) is 20.6.